The molecule has 3 atom stereocenters. The monoisotopic (exact) mass is 320 g/mol. The van der Waals surface area contributed by atoms with Gasteiger partial charge in [-0.05, 0) is 24.8 Å². The maximum absolute atomic E-state index is 12.2. The van der Waals surface area contributed by atoms with E-state index >= 15 is 0 Å². The van der Waals surface area contributed by atoms with Crippen molar-refractivity contribution in [3.63, 3.8) is 0 Å². The van der Waals surface area contributed by atoms with E-state index in [0.717, 1.165) is 31.2 Å². The Bertz CT molecular complexity index is 521. The van der Waals surface area contributed by atoms with E-state index in [9.17, 15) is 9.59 Å². The number of nitrogens with two attached hydrogens (primary N) is 1. The number of amides is 2. The van der Waals surface area contributed by atoms with Gasteiger partial charge in [-0.3, -0.25) is 4.79 Å². The smallest absolute Gasteiger partial charge is 0.312 e. The molecule has 0 bridgehead atoms. The van der Waals surface area contributed by atoms with Crippen molar-refractivity contribution in [1.29, 1.82) is 0 Å². The van der Waals surface area contributed by atoms with Crippen molar-refractivity contribution in [2.45, 2.75) is 50.4 Å². The number of carbonyl (C=O) groups excluding carboxylic acids is 2. The topological polar surface area (TPSA) is 90.7 Å². The molecule has 0 saturated heterocycles. The fourth-order valence-electron chi connectivity index (χ4n) is 2.93. The molecular weight excluding hydrogens is 296 g/mol. The maximum Gasteiger partial charge on any atom is 0.312 e. The van der Waals surface area contributed by atoms with Crippen LogP contribution in [0.2, 0.25) is 0 Å². The van der Waals surface area contributed by atoms with Crippen LogP contribution in [0.5, 0.6) is 0 Å². The average molecular weight is 320 g/mol. The first kappa shape index (κ1) is 17.3. The van der Waals surface area contributed by atoms with Crippen molar-refractivity contribution in [1.82, 2.24) is 5.32 Å². The highest BCUT2D eigenvalue weighted by atomic mass is 16.5. The highest BCUT2D eigenvalue weighted by molar-refractivity contribution is 5.75. The molecule has 6 heteroatoms. The van der Waals surface area contributed by atoms with Gasteiger partial charge in [0, 0.05) is 13.5 Å². The van der Waals surface area contributed by atoms with E-state index in [2.05, 4.69) is 5.32 Å². The molecule has 1 aromatic rings. The molecule has 23 heavy (non-hydrogen) atoms. The summed E-state index contributed by atoms with van der Waals surface area (Å²) in [6, 6.07) is 8.11. The van der Waals surface area contributed by atoms with Crippen molar-refractivity contribution in [2.24, 2.45) is 5.73 Å². The highest BCUT2D eigenvalue weighted by Crippen LogP contribution is 2.24. The highest BCUT2D eigenvalue weighted by Gasteiger charge is 2.26. The molecule has 0 heterocycles. The Morgan fingerprint density at radius 3 is 2.61 bits per heavy atom. The Balaban J connectivity index is 1.93. The fourth-order valence-corrected chi connectivity index (χ4v) is 2.93. The second kappa shape index (κ2) is 8.53. The van der Waals surface area contributed by atoms with Gasteiger partial charge in [-0.1, -0.05) is 30.3 Å². The Hall–Kier alpha value is -2.08. The van der Waals surface area contributed by atoms with Crippen LogP contribution in [-0.2, 0) is 14.3 Å². The number of ether oxygens (including phenoxy) is 2. The van der Waals surface area contributed by atoms with Crippen molar-refractivity contribution in [2.75, 3.05) is 7.11 Å². The summed E-state index contributed by atoms with van der Waals surface area (Å²) in [7, 11) is 1.68. The standard InChI is InChI=1S/C17H24N2O4/c1-22-13-8-5-9-14(10-13)23-16(20)11-15(19-17(18)21)12-6-3-2-4-7-12/h2-4,6-7,13-15H,5,8-11H2,1H3,(H3,18,19,21). The number of rotatable bonds is 6. The van der Waals surface area contributed by atoms with Gasteiger partial charge in [-0.2, -0.15) is 0 Å². The number of carbonyl (C=O) groups is 2. The molecule has 3 unspecified atom stereocenters. The van der Waals surface area contributed by atoms with E-state index in [4.69, 9.17) is 15.2 Å². The largest absolute Gasteiger partial charge is 0.462 e. The predicted molar refractivity (Wildman–Crippen MR) is 85.7 cm³/mol. The van der Waals surface area contributed by atoms with Crippen molar-refractivity contribution in [3.05, 3.63) is 35.9 Å². The number of urea groups is 1. The molecule has 0 aliphatic heterocycles. The van der Waals surface area contributed by atoms with Gasteiger partial charge in [0.1, 0.15) is 6.10 Å². The van der Waals surface area contributed by atoms with E-state index in [1.54, 1.807) is 7.11 Å². The molecular formula is C17H24N2O4. The van der Waals surface area contributed by atoms with E-state index in [1.807, 2.05) is 30.3 Å². The van der Waals surface area contributed by atoms with Gasteiger partial charge in [0.05, 0.1) is 18.6 Å². The third kappa shape index (κ3) is 5.56. The Labute approximate surface area is 136 Å². The number of nitrogens with one attached hydrogen (secondary N) is 1. The van der Waals surface area contributed by atoms with Gasteiger partial charge >= 0.3 is 12.0 Å². The lowest BCUT2D eigenvalue weighted by Crippen LogP contribution is -2.35. The first-order valence-electron chi connectivity index (χ1n) is 7.91. The first-order chi connectivity index (χ1) is 11.1. The second-order valence-electron chi connectivity index (χ2n) is 5.81. The Morgan fingerprint density at radius 1 is 1.26 bits per heavy atom. The van der Waals surface area contributed by atoms with Crippen molar-refractivity contribution < 1.29 is 19.1 Å². The van der Waals surface area contributed by atoms with E-state index in [-0.39, 0.29) is 24.6 Å². The van der Waals surface area contributed by atoms with Gasteiger partial charge in [0.2, 0.25) is 0 Å². The van der Waals surface area contributed by atoms with Crippen LogP contribution in [0.4, 0.5) is 4.79 Å². The molecule has 126 valence electrons. The van der Waals surface area contributed by atoms with Crippen LogP contribution in [0.15, 0.2) is 30.3 Å². The molecule has 0 aromatic heterocycles. The van der Waals surface area contributed by atoms with Gasteiger partial charge in [-0.25, -0.2) is 4.79 Å². The van der Waals surface area contributed by atoms with Crippen LogP contribution in [-0.4, -0.2) is 31.3 Å². The molecule has 0 radical (unpaired) electrons. The number of esters is 1. The summed E-state index contributed by atoms with van der Waals surface area (Å²) in [5.74, 6) is -0.339. The molecule has 1 aliphatic rings. The van der Waals surface area contributed by atoms with Crippen molar-refractivity contribution in [3.8, 4) is 0 Å². The SMILES string of the molecule is COC1CCCC(OC(=O)CC(NC(N)=O)c2ccccc2)C1. The van der Waals surface area contributed by atoms with Gasteiger partial charge in [-0.15, -0.1) is 0 Å². The van der Waals surface area contributed by atoms with Crippen LogP contribution in [0, 0.1) is 0 Å². The molecule has 1 aromatic carbocycles. The normalized spacial score (nSPS) is 22.1. The summed E-state index contributed by atoms with van der Waals surface area (Å²) < 4.78 is 10.9. The molecule has 1 saturated carbocycles. The molecule has 3 N–H and O–H groups in total. The summed E-state index contributed by atoms with van der Waals surface area (Å²) in [5, 5.41) is 2.60. The Morgan fingerprint density at radius 2 is 1.96 bits per heavy atom. The van der Waals surface area contributed by atoms with Crippen LogP contribution in [0.1, 0.15) is 43.7 Å². The molecule has 2 rings (SSSR count). The van der Waals surface area contributed by atoms with Gasteiger partial charge in [0.15, 0.2) is 0 Å². The van der Waals surface area contributed by atoms with Gasteiger partial charge < -0.3 is 20.5 Å². The lowest BCUT2D eigenvalue weighted by atomic mass is 9.95. The molecule has 2 amide bonds. The summed E-state index contributed by atoms with van der Waals surface area (Å²) in [6.45, 7) is 0. The van der Waals surface area contributed by atoms with Crippen molar-refractivity contribution >= 4 is 12.0 Å². The molecule has 6 nitrogen and oxygen atoms in total. The maximum atomic E-state index is 12.2. The average Bonchev–Trinajstić information content (AvgIpc) is 2.54. The molecule has 0 spiro atoms. The van der Waals surface area contributed by atoms with E-state index < -0.39 is 12.1 Å². The number of methoxy groups -OCH3 is 1. The summed E-state index contributed by atoms with van der Waals surface area (Å²) in [5.41, 5.74) is 6.03. The van der Waals surface area contributed by atoms with Crippen LogP contribution < -0.4 is 11.1 Å². The van der Waals surface area contributed by atoms with Crippen LogP contribution in [0.3, 0.4) is 0 Å². The first-order valence-corrected chi connectivity index (χ1v) is 7.91. The third-order valence-corrected chi connectivity index (χ3v) is 4.10. The number of primary amides is 1. The van der Waals surface area contributed by atoms with E-state index in [0.29, 0.717) is 0 Å². The summed E-state index contributed by atoms with van der Waals surface area (Å²) in [6.07, 6.45) is 3.65. The fraction of sp³-hybridized carbons (Fsp3) is 0.529. The minimum atomic E-state index is -0.663. The van der Waals surface area contributed by atoms with Gasteiger partial charge in [0.25, 0.3) is 0 Å². The lowest BCUT2D eigenvalue weighted by molar-refractivity contribution is -0.153. The minimum absolute atomic E-state index is 0.0566. The quantitative estimate of drug-likeness (QED) is 0.787. The zero-order chi connectivity index (χ0) is 16.7. The minimum Gasteiger partial charge on any atom is -0.462 e. The lowest BCUT2D eigenvalue weighted by Gasteiger charge is -2.28. The molecule has 1 fully saturated rings. The number of hydrogen-bond donors (Lipinski definition) is 2. The molecule has 1 aliphatic carbocycles. The predicted octanol–water partition coefficient (Wildman–Crippen LogP) is 2.29. The third-order valence-electron chi connectivity index (χ3n) is 4.10. The number of hydrogen-bond acceptors (Lipinski definition) is 4. The van der Waals surface area contributed by atoms with Crippen LogP contribution >= 0.6 is 0 Å². The second-order valence-corrected chi connectivity index (χ2v) is 5.81. The number of benzene rings is 1. The van der Waals surface area contributed by atoms with E-state index in [1.165, 1.54) is 0 Å². The van der Waals surface area contributed by atoms with Crippen LogP contribution in [0.25, 0.3) is 0 Å². The zero-order valence-electron chi connectivity index (χ0n) is 13.4. The summed E-state index contributed by atoms with van der Waals surface area (Å²) >= 11 is 0. The Kier molecular flexibility index (Phi) is 6.40. The summed E-state index contributed by atoms with van der Waals surface area (Å²) in [4.78, 5) is 23.4. The zero-order valence-corrected chi connectivity index (χ0v) is 13.4.